The van der Waals surface area contributed by atoms with E-state index in [1.807, 2.05) is 6.92 Å². The van der Waals surface area contributed by atoms with Crippen molar-refractivity contribution in [3.63, 3.8) is 0 Å². The van der Waals surface area contributed by atoms with Crippen molar-refractivity contribution < 1.29 is 22.9 Å². The molecule has 3 aromatic rings. The van der Waals surface area contributed by atoms with Crippen LogP contribution in [0, 0.1) is 10.1 Å². The Morgan fingerprint density at radius 1 is 1.06 bits per heavy atom. The molecule has 0 saturated carbocycles. The van der Waals surface area contributed by atoms with Gasteiger partial charge in [-0.2, -0.15) is 5.10 Å². The molecule has 1 N–H and O–H groups in total. The number of nitro benzene ring substituents is 1. The number of rotatable bonds is 10. The van der Waals surface area contributed by atoms with E-state index in [4.69, 9.17) is 4.74 Å². The molecule has 3 rings (SSSR count). The average molecular weight is 483 g/mol. The fourth-order valence-corrected chi connectivity index (χ4v) is 4.45. The standard InChI is InChI=1S/C23H22N4O6S/c1-2-33-20-14-12-19(13-15-20)26(34(31,32)21-9-4-3-5-10-21)17-23(28)25-24-16-18-8-6-7-11-22(18)27(29)30/h3-16H,2,17H2,1H3,(H,25,28)/b24-16-. The second-order valence-electron chi connectivity index (χ2n) is 6.86. The lowest BCUT2D eigenvalue weighted by Gasteiger charge is -2.24. The zero-order valence-electron chi connectivity index (χ0n) is 18.2. The van der Waals surface area contributed by atoms with Gasteiger partial charge in [-0.1, -0.05) is 30.3 Å². The molecule has 0 atom stereocenters. The van der Waals surface area contributed by atoms with Gasteiger partial charge in [0.2, 0.25) is 0 Å². The summed E-state index contributed by atoms with van der Waals surface area (Å²) < 4.78 is 32.9. The lowest BCUT2D eigenvalue weighted by Crippen LogP contribution is -2.39. The second-order valence-corrected chi connectivity index (χ2v) is 8.72. The molecule has 0 radical (unpaired) electrons. The van der Waals surface area contributed by atoms with Gasteiger partial charge in [0.05, 0.1) is 33.9 Å². The van der Waals surface area contributed by atoms with Gasteiger partial charge in [0, 0.05) is 6.07 Å². The monoisotopic (exact) mass is 482 g/mol. The maximum Gasteiger partial charge on any atom is 0.278 e. The summed E-state index contributed by atoms with van der Waals surface area (Å²) in [5.74, 6) is -0.176. The number of hydrazone groups is 1. The first-order valence-corrected chi connectivity index (χ1v) is 11.6. The highest BCUT2D eigenvalue weighted by atomic mass is 32.2. The molecule has 11 heteroatoms. The number of hydrogen-bond donors (Lipinski definition) is 1. The fourth-order valence-electron chi connectivity index (χ4n) is 3.01. The Labute approximate surface area is 196 Å². The molecule has 0 fully saturated rings. The summed E-state index contributed by atoms with van der Waals surface area (Å²) in [6.07, 6.45) is 1.13. The normalized spacial score (nSPS) is 11.2. The van der Waals surface area contributed by atoms with Crippen LogP contribution in [0.3, 0.4) is 0 Å². The molecule has 0 spiro atoms. The van der Waals surface area contributed by atoms with E-state index in [0.29, 0.717) is 12.4 Å². The Morgan fingerprint density at radius 2 is 1.71 bits per heavy atom. The van der Waals surface area contributed by atoms with E-state index < -0.39 is 27.4 Å². The Bertz CT molecular complexity index is 1280. The Kier molecular flexibility index (Phi) is 7.93. The van der Waals surface area contributed by atoms with Crippen molar-refractivity contribution in [3.05, 3.63) is 94.5 Å². The Morgan fingerprint density at radius 3 is 2.35 bits per heavy atom. The highest BCUT2D eigenvalue weighted by Gasteiger charge is 2.27. The number of carbonyl (C=O) groups is 1. The third kappa shape index (κ3) is 5.95. The highest BCUT2D eigenvalue weighted by molar-refractivity contribution is 7.92. The van der Waals surface area contributed by atoms with Crippen LogP contribution in [0.4, 0.5) is 11.4 Å². The van der Waals surface area contributed by atoms with Crippen LogP contribution in [-0.2, 0) is 14.8 Å². The van der Waals surface area contributed by atoms with Gasteiger partial charge in [-0.15, -0.1) is 0 Å². The topological polar surface area (TPSA) is 131 Å². The number of nitro groups is 1. The zero-order valence-corrected chi connectivity index (χ0v) is 19.0. The SMILES string of the molecule is CCOc1ccc(N(CC(=O)N/N=C\c2ccccc2[N+](=O)[O-])S(=O)(=O)c2ccccc2)cc1. The maximum atomic E-state index is 13.3. The summed E-state index contributed by atoms with van der Waals surface area (Å²) >= 11 is 0. The van der Waals surface area contributed by atoms with E-state index in [1.165, 1.54) is 42.5 Å². The van der Waals surface area contributed by atoms with Crippen molar-refractivity contribution >= 4 is 33.5 Å². The van der Waals surface area contributed by atoms with E-state index >= 15 is 0 Å². The molecular formula is C23H22N4O6S. The van der Waals surface area contributed by atoms with Gasteiger partial charge >= 0.3 is 0 Å². The number of nitrogens with one attached hydrogen (secondary N) is 1. The maximum absolute atomic E-state index is 13.3. The van der Waals surface area contributed by atoms with Crippen molar-refractivity contribution in [2.75, 3.05) is 17.5 Å². The molecule has 0 unspecified atom stereocenters. The van der Waals surface area contributed by atoms with Gasteiger partial charge in [-0.25, -0.2) is 13.8 Å². The molecule has 34 heavy (non-hydrogen) atoms. The van der Waals surface area contributed by atoms with Crippen LogP contribution in [0.5, 0.6) is 5.75 Å². The summed E-state index contributed by atoms with van der Waals surface area (Å²) in [4.78, 5) is 23.1. The molecule has 0 aliphatic rings. The smallest absolute Gasteiger partial charge is 0.278 e. The van der Waals surface area contributed by atoms with Gasteiger partial charge in [0.15, 0.2) is 0 Å². The molecule has 0 saturated heterocycles. The molecule has 1 amide bonds. The number of amides is 1. The summed E-state index contributed by atoms with van der Waals surface area (Å²) in [6.45, 7) is 1.71. The molecule has 0 heterocycles. The molecule has 0 aliphatic heterocycles. The van der Waals surface area contributed by atoms with Crippen molar-refractivity contribution in [1.82, 2.24) is 5.43 Å². The van der Waals surface area contributed by atoms with E-state index in [0.717, 1.165) is 10.5 Å². The zero-order chi connectivity index (χ0) is 24.6. The van der Waals surface area contributed by atoms with Crippen LogP contribution in [0.15, 0.2) is 88.9 Å². The second kappa shape index (κ2) is 11.1. The minimum Gasteiger partial charge on any atom is -0.494 e. The first-order valence-electron chi connectivity index (χ1n) is 10.2. The molecule has 3 aromatic carbocycles. The lowest BCUT2D eigenvalue weighted by atomic mass is 10.2. The minimum atomic E-state index is -4.08. The number of nitrogens with zero attached hydrogens (tertiary/aromatic N) is 3. The largest absolute Gasteiger partial charge is 0.494 e. The number of benzene rings is 3. The number of anilines is 1. The summed E-state index contributed by atoms with van der Waals surface area (Å²) in [6, 6.07) is 19.9. The van der Waals surface area contributed by atoms with Crippen molar-refractivity contribution in [2.45, 2.75) is 11.8 Å². The third-order valence-electron chi connectivity index (χ3n) is 4.58. The molecule has 176 valence electrons. The quantitative estimate of drug-likeness (QED) is 0.268. The van der Waals surface area contributed by atoms with Crippen molar-refractivity contribution in [2.24, 2.45) is 5.10 Å². The number of sulfonamides is 1. The van der Waals surface area contributed by atoms with Crippen LogP contribution in [-0.4, -0.2) is 38.6 Å². The van der Waals surface area contributed by atoms with Crippen molar-refractivity contribution in [3.8, 4) is 5.75 Å². The Balaban J connectivity index is 1.84. The highest BCUT2D eigenvalue weighted by Crippen LogP contribution is 2.25. The van der Waals surface area contributed by atoms with Gasteiger partial charge in [0.1, 0.15) is 12.3 Å². The number of carbonyl (C=O) groups excluding carboxylic acids is 1. The van der Waals surface area contributed by atoms with Crippen LogP contribution in [0.2, 0.25) is 0 Å². The van der Waals surface area contributed by atoms with Gasteiger partial charge in [0.25, 0.3) is 21.6 Å². The average Bonchev–Trinajstić information content (AvgIpc) is 2.84. The molecule has 10 nitrogen and oxygen atoms in total. The number of ether oxygens (including phenoxy) is 1. The van der Waals surface area contributed by atoms with E-state index in [2.05, 4.69) is 10.5 Å². The summed E-state index contributed by atoms with van der Waals surface area (Å²) in [5, 5.41) is 14.9. The molecule has 0 bridgehead atoms. The summed E-state index contributed by atoms with van der Waals surface area (Å²) in [5.41, 5.74) is 2.50. The van der Waals surface area contributed by atoms with Crippen LogP contribution in [0.1, 0.15) is 12.5 Å². The first kappa shape index (κ1) is 24.4. The lowest BCUT2D eigenvalue weighted by molar-refractivity contribution is -0.385. The predicted octanol–water partition coefficient (Wildman–Crippen LogP) is 3.34. The van der Waals surface area contributed by atoms with Crippen molar-refractivity contribution in [1.29, 1.82) is 0 Å². The molecule has 0 aromatic heterocycles. The number of para-hydroxylation sites is 1. The van der Waals surface area contributed by atoms with Gasteiger partial charge in [-0.3, -0.25) is 19.2 Å². The van der Waals surface area contributed by atoms with E-state index in [9.17, 15) is 23.3 Å². The first-order chi connectivity index (χ1) is 16.3. The number of hydrogen-bond acceptors (Lipinski definition) is 7. The van der Waals surface area contributed by atoms with Crippen LogP contribution >= 0.6 is 0 Å². The van der Waals surface area contributed by atoms with Gasteiger partial charge in [-0.05, 0) is 49.4 Å². The van der Waals surface area contributed by atoms with Gasteiger partial charge < -0.3 is 4.74 Å². The third-order valence-corrected chi connectivity index (χ3v) is 6.37. The van der Waals surface area contributed by atoms with Crippen LogP contribution in [0.25, 0.3) is 0 Å². The predicted molar refractivity (Wildman–Crippen MR) is 127 cm³/mol. The fraction of sp³-hybridized carbons (Fsp3) is 0.130. The molecule has 0 aliphatic carbocycles. The Hall–Kier alpha value is -4.25. The van der Waals surface area contributed by atoms with Crippen LogP contribution < -0.4 is 14.5 Å². The minimum absolute atomic E-state index is 0.0140. The molecular weight excluding hydrogens is 460 g/mol. The summed E-state index contributed by atoms with van der Waals surface area (Å²) in [7, 11) is -4.08. The van der Waals surface area contributed by atoms with E-state index in [-0.39, 0.29) is 21.8 Å². The van der Waals surface area contributed by atoms with E-state index in [1.54, 1.807) is 36.4 Å².